The van der Waals surface area contributed by atoms with Gasteiger partial charge in [-0.2, -0.15) is 0 Å². The van der Waals surface area contributed by atoms with Crippen LogP contribution in [0, 0.1) is 5.41 Å². The van der Waals surface area contributed by atoms with Gasteiger partial charge in [0, 0.05) is 57.4 Å². The Morgan fingerprint density at radius 1 is 1.25 bits per heavy atom. The molecule has 4 heterocycles. The number of pyridine rings is 1. The minimum atomic E-state index is 0.0786. The monoisotopic (exact) mass is 385 g/mol. The van der Waals surface area contributed by atoms with Crippen LogP contribution < -0.4 is 5.32 Å². The van der Waals surface area contributed by atoms with Crippen LogP contribution in [0.3, 0.4) is 0 Å². The first-order valence-electron chi connectivity index (χ1n) is 10.4. The smallest absolute Gasteiger partial charge is 0.254 e. The second-order valence-corrected chi connectivity index (χ2v) is 8.70. The maximum absolute atomic E-state index is 12.9. The van der Waals surface area contributed by atoms with Crippen molar-refractivity contribution < 1.29 is 9.59 Å². The Morgan fingerprint density at radius 3 is 2.71 bits per heavy atom. The molecule has 3 fully saturated rings. The van der Waals surface area contributed by atoms with Crippen LogP contribution in [0.5, 0.6) is 0 Å². The van der Waals surface area contributed by atoms with Crippen molar-refractivity contribution in [2.45, 2.75) is 38.1 Å². The normalized spacial score (nSPS) is 25.4. The number of likely N-dealkylation sites (tertiary alicyclic amines) is 3. The van der Waals surface area contributed by atoms with E-state index in [2.05, 4.69) is 27.1 Å². The highest BCUT2D eigenvalue weighted by Crippen LogP contribution is 2.41. The molecule has 0 bridgehead atoms. The van der Waals surface area contributed by atoms with Crippen LogP contribution in [0.1, 0.15) is 42.5 Å². The van der Waals surface area contributed by atoms with E-state index in [4.69, 9.17) is 0 Å². The van der Waals surface area contributed by atoms with Crippen LogP contribution in [0.2, 0.25) is 0 Å². The van der Waals surface area contributed by atoms with Crippen molar-refractivity contribution in [3.63, 3.8) is 0 Å². The molecule has 1 aromatic rings. The van der Waals surface area contributed by atoms with Gasteiger partial charge in [-0.25, -0.2) is 4.98 Å². The lowest BCUT2D eigenvalue weighted by Crippen LogP contribution is -2.55. The first kappa shape index (κ1) is 19.2. The van der Waals surface area contributed by atoms with Crippen LogP contribution >= 0.6 is 0 Å². The van der Waals surface area contributed by atoms with Crippen molar-refractivity contribution in [3.05, 3.63) is 23.9 Å². The minimum Gasteiger partial charge on any atom is -0.373 e. The second-order valence-electron chi connectivity index (χ2n) is 8.70. The topological polar surface area (TPSA) is 68.8 Å². The van der Waals surface area contributed by atoms with E-state index in [1.54, 1.807) is 19.3 Å². The number of rotatable bonds is 3. The minimum absolute atomic E-state index is 0.0786. The van der Waals surface area contributed by atoms with Gasteiger partial charge in [0.1, 0.15) is 5.82 Å². The standard InChI is InChI=1S/C21H31N5O2/c1-22-18-13-16(4-9-23-18)20(28)25-11-7-21(8-12-25)6-3-19(27)26(15-21)17-5-10-24(2)14-17/h4,9,13,17H,3,5-8,10-12,14-15H2,1-2H3,(H,22,23)/t17-/m0/s1. The summed E-state index contributed by atoms with van der Waals surface area (Å²) in [6.07, 6.45) is 6.34. The summed E-state index contributed by atoms with van der Waals surface area (Å²) in [6, 6.07) is 3.96. The molecule has 3 aliphatic heterocycles. The number of nitrogens with one attached hydrogen (secondary N) is 1. The molecular weight excluding hydrogens is 354 g/mol. The molecule has 0 aromatic carbocycles. The molecule has 0 unspecified atom stereocenters. The average molecular weight is 386 g/mol. The van der Waals surface area contributed by atoms with Crippen LogP contribution in [0.4, 0.5) is 5.82 Å². The van der Waals surface area contributed by atoms with Gasteiger partial charge in [0.25, 0.3) is 5.91 Å². The molecule has 1 aromatic heterocycles. The fraction of sp³-hybridized carbons (Fsp3) is 0.667. The Kier molecular flexibility index (Phi) is 5.27. The number of amides is 2. The second kappa shape index (κ2) is 7.70. The van der Waals surface area contributed by atoms with Gasteiger partial charge in [-0.05, 0) is 56.8 Å². The van der Waals surface area contributed by atoms with E-state index in [1.165, 1.54) is 0 Å². The molecule has 0 saturated carbocycles. The number of carbonyl (C=O) groups is 2. The molecule has 2 amide bonds. The predicted octanol–water partition coefficient (Wildman–Crippen LogP) is 1.67. The molecule has 1 spiro atoms. The maximum Gasteiger partial charge on any atom is 0.254 e. The van der Waals surface area contributed by atoms with Crippen LogP contribution in [-0.2, 0) is 4.79 Å². The van der Waals surface area contributed by atoms with E-state index in [9.17, 15) is 9.59 Å². The number of carbonyl (C=O) groups excluding carboxylic acids is 2. The first-order chi connectivity index (χ1) is 13.5. The lowest BCUT2D eigenvalue weighted by molar-refractivity contribution is -0.141. The number of aromatic nitrogens is 1. The number of piperidine rings is 2. The quantitative estimate of drug-likeness (QED) is 0.857. The van der Waals surface area contributed by atoms with Gasteiger partial charge in [-0.1, -0.05) is 0 Å². The van der Waals surface area contributed by atoms with Crippen LogP contribution in [0.15, 0.2) is 18.3 Å². The zero-order valence-corrected chi connectivity index (χ0v) is 17.0. The lowest BCUT2D eigenvalue weighted by Gasteiger charge is -2.49. The Hall–Kier alpha value is -2.15. The van der Waals surface area contributed by atoms with E-state index in [0.29, 0.717) is 29.8 Å². The zero-order valence-electron chi connectivity index (χ0n) is 17.0. The first-order valence-corrected chi connectivity index (χ1v) is 10.4. The van der Waals surface area contributed by atoms with Crippen LogP contribution in [-0.4, -0.2) is 84.4 Å². The number of anilines is 1. The maximum atomic E-state index is 12.9. The molecule has 0 aliphatic carbocycles. The Labute approximate surface area is 167 Å². The van der Waals surface area contributed by atoms with E-state index in [0.717, 1.165) is 58.4 Å². The molecule has 3 aliphatic rings. The SMILES string of the molecule is CNc1cc(C(=O)N2CCC3(CCC(=O)N([C@H]4CCN(C)C4)C3)CC2)ccn1. The highest BCUT2D eigenvalue weighted by atomic mass is 16.2. The highest BCUT2D eigenvalue weighted by Gasteiger charge is 2.44. The summed E-state index contributed by atoms with van der Waals surface area (Å²) in [6.45, 7) is 4.46. The van der Waals surface area contributed by atoms with Gasteiger partial charge in [0.05, 0.1) is 0 Å². The van der Waals surface area contributed by atoms with Gasteiger partial charge in [-0.3, -0.25) is 9.59 Å². The van der Waals surface area contributed by atoms with E-state index in [1.807, 2.05) is 11.0 Å². The largest absolute Gasteiger partial charge is 0.373 e. The highest BCUT2D eigenvalue weighted by molar-refractivity contribution is 5.94. The molecule has 0 radical (unpaired) electrons. The number of likely N-dealkylation sites (N-methyl/N-ethyl adjacent to an activating group) is 1. The summed E-state index contributed by atoms with van der Waals surface area (Å²) in [5, 5.41) is 2.99. The molecule has 28 heavy (non-hydrogen) atoms. The van der Waals surface area contributed by atoms with Gasteiger partial charge in [0.15, 0.2) is 0 Å². The van der Waals surface area contributed by atoms with E-state index in [-0.39, 0.29) is 11.3 Å². The summed E-state index contributed by atoms with van der Waals surface area (Å²) >= 11 is 0. The zero-order chi connectivity index (χ0) is 19.7. The number of hydrogen-bond acceptors (Lipinski definition) is 5. The van der Waals surface area contributed by atoms with Gasteiger partial charge < -0.3 is 20.0 Å². The van der Waals surface area contributed by atoms with Gasteiger partial charge >= 0.3 is 0 Å². The lowest BCUT2D eigenvalue weighted by atomic mass is 9.72. The molecule has 3 saturated heterocycles. The summed E-state index contributed by atoms with van der Waals surface area (Å²) in [4.78, 5) is 36.1. The summed E-state index contributed by atoms with van der Waals surface area (Å²) < 4.78 is 0. The molecule has 7 heteroatoms. The van der Waals surface area contributed by atoms with Gasteiger partial charge in [0.2, 0.25) is 5.91 Å². The number of nitrogens with zero attached hydrogens (tertiary/aromatic N) is 4. The predicted molar refractivity (Wildman–Crippen MR) is 108 cm³/mol. The van der Waals surface area contributed by atoms with Gasteiger partial charge in [-0.15, -0.1) is 0 Å². The average Bonchev–Trinajstić information content (AvgIpc) is 3.16. The fourth-order valence-electron chi connectivity index (χ4n) is 5.02. The summed E-state index contributed by atoms with van der Waals surface area (Å²) in [5.41, 5.74) is 0.866. The molecular formula is C21H31N5O2. The van der Waals surface area contributed by atoms with E-state index < -0.39 is 0 Å². The molecule has 1 N–H and O–H groups in total. The van der Waals surface area contributed by atoms with Crippen molar-refractivity contribution in [3.8, 4) is 0 Å². The molecule has 7 nitrogen and oxygen atoms in total. The third-order valence-corrected chi connectivity index (χ3v) is 6.88. The number of hydrogen-bond donors (Lipinski definition) is 1. The third kappa shape index (κ3) is 3.72. The molecule has 152 valence electrons. The van der Waals surface area contributed by atoms with Crippen molar-refractivity contribution in [1.29, 1.82) is 0 Å². The van der Waals surface area contributed by atoms with E-state index >= 15 is 0 Å². The Balaban J connectivity index is 1.40. The fourth-order valence-corrected chi connectivity index (χ4v) is 5.02. The van der Waals surface area contributed by atoms with Crippen LogP contribution in [0.25, 0.3) is 0 Å². The van der Waals surface area contributed by atoms with Crippen molar-refractivity contribution in [1.82, 2.24) is 19.7 Å². The van der Waals surface area contributed by atoms with Crippen molar-refractivity contribution in [2.75, 3.05) is 52.1 Å². The summed E-state index contributed by atoms with van der Waals surface area (Å²) in [5.74, 6) is 1.11. The third-order valence-electron chi connectivity index (χ3n) is 6.88. The van der Waals surface area contributed by atoms with Crippen molar-refractivity contribution in [2.24, 2.45) is 5.41 Å². The summed E-state index contributed by atoms with van der Waals surface area (Å²) in [7, 11) is 3.94. The molecule has 1 atom stereocenters. The Morgan fingerprint density at radius 2 is 2.04 bits per heavy atom. The Bertz CT molecular complexity index is 744. The molecule has 4 rings (SSSR count). The van der Waals surface area contributed by atoms with Crippen molar-refractivity contribution >= 4 is 17.6 Å².